The molecule has 3 aromatic rings. The number of carbonyl (C=O) groups is 2. The number of methoxy groups -OCH3 is 1. The molecule has 1 N–H and O–H groups in total. The van der Waals surface area contributed by atoms with Crippen molar-refractivity contribution >= 4 is 43.5 Å². The molecule has 3 aromatic carbocycles. The largest absolute Gasteiger partial charge is 0.497 e. The smallest absolute Gasteiger partial charge is 0.264 e. The Labute approximate surface area is 255 Å². The van der Waals surface area contributed by atoms with E-state index in [0.29, 0.717) is 5.75 Å². The SMILES string of the molecule is COc1ccc(S(=O)(=O)N(CC(=O)N(Cc2cccc(Br)c2)[C@@H](C)C(=O)NC2CCCCC2)c2ccc(F)cc2)cc1. The van der Waals surface area contributed by atoms with Crippen molar-refractivity contribution in [2.24, 2.45) is 0 Å². The Balaban J connectivity index is 1.67. The van der Waals surface area contributed by atoms with E-state index in [2.05, 4.69) is 21.2 Å². The molecule has 1 aliphatic carbocycles. The molecule has 0 bridgehead atoms. The highest BCUT2D eigenvalue weighted by molar-refractivity contribution is 9.10. The summed E-state index contributed by atoms with van der Waals surface area (Å²) in [5, 5.41) is 3.08. The van der Waals surface area contributed by atoms with Crippen molar-refractivity contribution in [1.82, 2.24) is 10.2 Å². The minimum Gasteiger partial charge on any atom is -0.497 e. The van der Waals surface area contributed by atoms with Gasteiger partial charge in [-0.25, -0.2) is 12.8 Å². The number of rotatable bonds is 11. The zero-order chi connectivity index (χ0) is 30.3. The van der Waals surface area contributed by atoms with Gasteiger partial charge >= 0.3 is 0 Å². The van der Waals surface area contributed by atoms with E-state index in [1.165, 1.54) is 48.4 Å². The monoisotopic (exact) mass is 659 g/mol. The molecule has 0 unspecified atom stereocenters. The standard InChI is InChI=1S/C31H35BrFN3O5S/c1-22(31(38)34-26-9-4-3-5-10-26)35(20-23-7-6-8-24(32)19-23)30(37)21-36(27-13-11-25(33)12-14-27)42(39,40)29-17-15-28(41-2)16-18-29/h6-8,11-19,22,26H,3-5,9-10,20-21H2,1-2H3,(H,34,38)/t22-/m0/s1. The van der Waals surface area contributed by atoms with Crippen molar-refractivity contribution in [3.05, 3.63) is 88.6 Å². The summed E-state index contributed by atoms with van der Waals surface area (Å²) in [6, 6.07) is 17.2. The van der Waals surface area contributed by atoms with Crippen LogP contribution in [0.4, 0.5) is 10.1 Å². The molecule has 11 heteroatoms. The molecule has 1 atom stereocenters. The molecule has 224 valence electrons. The van der Waals surface area contributed by atoms with Crippen LogP contribution in [0.2, 0.25) is 0 Å². The lowest BCUT2D eigenvalue weighted by atomic mass is 9.95. The van der Waals surface area contributed by atoms with Gasteiger partial charge in [-0.05, 0) is 86.0 Å². The summed E-state index contributed by atoms with van der Waals surface area (Å²) in [5.41, 5.74) is 0.878. The maximum atomic E-state index is 14.0. The third-order valence-corrected chi connectivity index (χ3v) is 9.68. The van der Waals surface area contributed by atoms with Crippen LogP contribution in [-0.2, 0) is 26.2 Å². The third-order valence-electron chi connectivity index (χ3n) is 7.40. The number of anilines is 1. The van der Waals surface area contributed by atoms with Gasteiger partial charge in [0.15, 0.2) is 0 Å². The maximum absolute atomic E-state index is 14.0. The fraction of sp³-hybridized carbons (Fsp3) is 0.355. The second kappa shape index (κ2) is 14.2. The topological polar surface area (TPSA) is 96.0 Å². The van der Waals surface area contributed by atoms with Crippen LogP contribution < -0.4 is 14.4 Å². The number of amides is 2. The average Bonchev–Trinajstić information content (AvgIpc) is 2.99. The zero-order valence-corrected chi connectivity index (χ0v) is 26.0. The summed E-state index contributed by atoms with van der Waals surface area (Å²) >= 11 is 3.45. The van der Waals surface area contributed by atoms with Crippen molar-refractivity contribution in [2.45, 2.75) is 62.6 Å². The number of carbonyl (C=O) groups excluding carboxylic acids is 2. The summed E-state index contributed by atoms with van der Waals surface area (Å²) in [4.78, 5) is 28.7. The lowest BCUT2D eigenvalue weighted by molar-refractivity contribution is -0.139. The molecule has 1 fully saturated rings. The van der Waals surface area contributed by atoms with E-state index >= 15 is 0 Å². The van der Waals surface area contributed by atoms with Gasteiger partial charge in [-0.3, -0.25) is 13.9 Å². The first-order valence-electron chi connectivity index (χ1n) is 13.8. The Morgan fingerprint density at radius 3 is 2.31 bits per heavy atom. The third kappa shape index (κ3) is 7.89. The molecule has 0 spiro atoms. The van der Waals surface area contributed by atoms with Crippen LogP contribution in [0.3, 0.4) is 0 Å². The van der Waals surface area contributed by atoms with Crippen LogP contribution in [0, 0.1) is 5.82 Å². The molecule has 42 heavy (non-hydrogen) atoms. The van der Waals surface area contributed by atoms with Gasteiger partial charge in [0.2, 0.25) is 11.8 Å². The lowest BCUT2D eigenvalue weighted by Crippen LogP contribution is -2.53. The van der Waals surface area contributed by atoms with E-state index in [1.54, 1.807) is 6.92 Å². The highest BCUT2D eigenvalue weighted by Gasteiger charge is 2.33. The predicted molar refractivity (Wildman–Crippen MR) is 163 cm³/mol. The fourth-order valence-corrected chi connectivity index (χ4v) is 6.86. The number of halogens is 2. The quantitative estimate of drug-likeness (QED) is 0.287. The number of nitrogens with zero attached hydrogens (tertiary/aromatic N) is 2. The van der Waals surface area contributed by atoms with E-state index in [4.69, 9.17) is 4.74 Å². The average molecular weight is 661 g/mol. The van der Waals surface area contributed by atoms with Gasteiger partial charge in [0, 0.05) is 17.1 Å². The number of ether oxygens (including phenoxy) is 1. The molecule has 1 aliphatic rings. The van der Waals surface area contributed by atoms with E-state index < -0.39 is 34.3 Å². The van der Waals surface area contributed by atoms with Crippen LogP contribution in [0.15, 0.2) is 82.2 Å². The predicted octanol–water partition coefficient (Wildman–Crippen LogP) is 5.66. The molecular weight excluding hydrogens is 625 g/mol. The summed E-state index contributed by atoms with van der Waals surface area (Å²) in [6.07, 6.45) is 4.98. The van der Waals surface area contributed by atoms with Crippen LogP contribution in [0.1, 0.15) is 44.6 Å². The van der Waals surface area contributed by atoms with E-state index in [1.807, 2.05) is 24.3 Å². The summed E-state index contributed by atoms with van der Waals surface area (Å²) in [7, 11) is -2.80. The first kappa shape index (κ1) is 31.5. The first-order chi connectivity index (χ1) is 20.1. The van der Waals surface area contributed by atoms with Gasteiger partial charge < -0.3 is 15.0 Å². The number of hydrogen-bond acceptors (Lipinski definition) is 5. The molecule has 0 aromatic heterocycles. The normalized spacial score (nSPS) is 14.6. The van der Waals surface area contributed by atoms with Crippen molar-refractivity contribution in [1.29, 1.82) is 0 Å². The molecule has 4 rings (SSSR count). The zero-order valence-electron chi connectivity index (χ0n) is 23.6. The minimum atomic E-state index is -4.27. The summed E-state index contributed by atoms with van der Waals surface area (Å²) in [6.45, 7) is 1.13. The molecular formula is C31H35BrFN3O5S. The van der Waals surface area contributed by atoms with Gasteiger partial charge in [-0.2, -0.15) is 0 Å². The number of benzene rings is 3. The second-order valence-electron chi connectivity index (χ2n) is 10.3. The Kier molecular flexibility index (Phi) is 10.6. The molecule has 0 aliphatic heterocycles. The number of hydrogen-bond donors (Lipinski definition) is 1. The minimum absolute atomic E-state index is 0.0442. The first-order valence-corrected chi connectivity index (χ1v) is 16.1. The van der Waals surface area contributed by atoms with Gasteiger partial charge in [-0.15, -0.1) is 0 Å². The summed E-state index contributed by atoms with van der Waals surface area (Å²) < 4.78 is 48.5. The molecule has 0 radical (unpaired) electrons. The molecule has 2 amide bonds. The van der Waals surface area contributed by atoms with Gasteiger partial charge in [0.25, 0.3) is 10.0 Å². The van der Waals surface area contributed by atoms with Crippen LogP contribution >= 0.6 is 15.9 Å². The van der Waals surface area contributed by atoms with E-state index in [-0.39, 0.29) is 29.1 Å². The fourth-order valence-electron chi connectivity index (χ4n) is 4.99. The highest BCUT2D eigenvalue weighted by Crippen LogP contribution is 2.27. The van der Waals surface area contributed by atoms with Gasteiger partial charge in [0.1, 0.15) is 24.2 Å². The highest BCUT2D eigenvalue weighted by atomic mass is 79.9. The van der Waals surface area contributed by atoms with Gasteiger partial charge in [-0.1, -0.05) is 47.3 Å². The van der Waals surface area contributed by atoms with E-state index in [9.17, 15) is 22.4 Å². The molecule has 8 nitrogen and oxygen atoms in total. The Hall–Kier alpha value is -3.44. The van der Waals surface area contributed by atoms with E-state index in [0.717, 1.165) is 58.6 Å². The second-order valence-corrected chi connectivity index (χ2v) is 13.1. The van der Waals surface area contributed by atoms with Crippen molar-refractivity contribution < 1.29 is 27.1 Å². The van der Waals surface area contributed by atoms with Crippen LogP contribution in [-0.4, -0.2) is 50.9 Å². The Morgan fingerprint density at radius 1 is 1.02 bits per heavy atom. The summed E-state index contributed by atoms with van der Waals surface area (Å²) in [5.74, 6) is -0.952. The molecule has 1 saturated carbocycles. The lowest BCUT2D eigenvalue weighted by Gasteiger charge is -2.33. The molecule has 0 heterocycles. The number of nitrogens with one attached hydrogen (secondary N) is 1. The van der Waals surface area contributed by atoms with Crippen molar-refractivity contribution in [3.8, 4) is 5.75 Å². The van der Waals surface area contributed by atoms with Crippen molar-refractivity contribution in [2.75, 3.05) is 18.0 Å². The Morgan fingerprint density at radius 2 is 1.69 bits per heavy atom. The van der Waals surface area contributed by atoms with Crippen LogP contribution in [0.25, 0.3) is 0 Å². The van der Waals surface area contributed by atoms with Gasteiger partial charge in [0.05, 0.1) is 17.7 Å². The van der Waals surface area contributed by atoms with Crippen molar-refractivity contribution in [3.63, 3.8) is 0 Å². The van der Waals surface area contributed by atoms with Crippen LogP contribution in [0.5, 0.6) is 5.75 Å². The Bertz CT molecular complexity index is 1480. The maximum Gasteiger partial charge on any atom is 0.264 e. The number of sulfonamides is 1. The molecule has 0 saturated heterocycles.